The lowest BCUT2D eigenvalue weighted by Crippen LogP contribution is -2.22. The van der Waals surface area contributed by atoms with Gasteiger partial charge in [0.1, 0.15) is 0 Å². The lowest BCUT2D eigenvalue weighted by molar-refractivity contribution is -0.384. The van der Waals surface area contributed by atoms with Crippen LogP contribution in [0.4, 0.5) is 11.4 Å². The highest BCUT2D eigenvalue weighted by molar-refractivity contribution is 7.07. The van der Waals surface area contributed by atoms with Gasteiger partial charge in [-0.15, -0.1) is 11.3 Å². The van der Waals surface area contributed by atoms with Crippen molar-refractivity contribution in [2.24, 2.45) is 4.99 Å². The van der Waals surface area contributed by atoms with Crippen molar-refractivity contribution in [1.82, 2.24) is 4.57 Å². The Hall–Kier alpha value is -2.73. The zero-order valence-corrected chi connectivity index (χ0v) is 19.7. The fourth-order valence-electron chi connectivity index (χ4n) is 4.59. The van der Waals surface area contributed by atoms with Crippen molar-refractivity contribution < 1.29 is 4.92 Å². The summed E-state index contributed by atoms with van der Waals surface area (Å²) in [7, 11) is 0. The minimum Gasteiger partial charge on any atom is -0.313 e. The van der Waals surface area contributed by atoms with Gasteiger partial charge in [0.05, 0.1) is 16.3 Å². The van der Waals surface area contributed by atoms with Crippen LogP contribution in [0.5, 0.6) is 0 Å². The van der Waals surface area contributed by atoms with E-state index < -0.39 is 0 Å². The lowest BCUT2D eigenvalue weighted by atomic mass is 9.96. The van der Waals surface area contributed by atoms with E-state index in [4.69, 9.17) is 4.99 Å². The van der Waals surface area contributed by atoms with E-state index in [1.165, 1.54) is 37.7 Å². The number of benzene rings is 2. The van der Waals surface area contributed by atoms with Gasteiger partial charge in [-0.1, -0.05) is 64.2 Å². The van der Waals surface area contributed by atoms with Gasteiger partial charge in [0.25, 0.3) is 5.69 Å². The molecule has 1 aliphatic rings. The predicted octanol–water partition coefficient (Wildman–Crippen LogP) is 7.77. The van der Waals surface area contributed by atoms with Crippen LogP contribution < -0.4 is 4.80 Å². The van der Waals surface area contributed by atoms with E-state index in [1.807, 2.05) is 12.1 Å². The maximum atomic E-state index is 11.1. The van der Waals surface area contributed by atoms with E-state index >= 15 is 0 Å². The van der Waals surface area contributed by atoms with Gasteiger partial charge in [-0.3, -0.25) is 10.1 Å². The number of hydrogen-bond donors (Lipinski definition) is 0. The van der Waals surface area contributed by atoms with Crippen LogP contribution in [0, 0.1) is 10.1 Å². The second-order valence-electron chi connectivity index (χ2n) is 8.90. The maximum absolute atomic E-state index is 11.1. The fourth-order valence-corrected chi connectivity index (χ4v) is 5.57. The summed E-state index contributed by atoms with van der Waals surface area (Å²) in [6.07, 6.45) is 8.67. The van der Waals surface area contributed by atoms with Crippen molar-refractivity contribution in [3.05, 3.63) is 74.4 Å². The average Bonchev–Trinajstić information content (AvgIpc) is 3.17. The molecule has 0 saturated heterocycles. The van der Waals surface area contributed by atoms with E-state index in [0.29, 0.717) is 12.0 Å². The number of para-hydroxylation sites is 1. The quantitative estimate of drug-likeness (QED) is 0.295. The number of hydrogen-bond acceptors (Lipinski definition) is 4. The first-order valence-corrected chi connectivity index (χ1v) is 12.5. The summed E-state index contributed by atoms with van der Waals surface area (Å²) in [5.41, 5.74) is 4.52. The number of aromatic nitrogens is 1. The molecule has 3 aromatic rings. The molecule has 168 valence electrons. The second-order valence-corrected chi connectivity index (χ2v) is 9.74. The highest BCUT2D eigenvalue weighted by Gasteiger charge is 2.20. The van der Waals surface area contributed by atoms with Gasteiger partial charge >= 0.3 is 0 Å². The van der Waals surface area contributed by atoms with Crippen LogP contribution in [-0.4, -0.2) is 9.49 Å². The molecule has 1 saturated carbocycles. The first-order valence-electron chi connectivity index (χ1n) is 11.6. The summed E-state index contributed by atoms with van der Waals surface area (Å²) in [6, 6.07) is 15.7. The molecule has 0 amide bonds. The van der Waals surface area contributed by atoms with Gasteiger partial charge < -0.3 is 4.57 Å². The Balaban J connectivity index is 1.84. The van der Waals surface area contributed by atoms with Gasteiger partial charge in [0, 0.05) is 23.6 Å². The SMILES string of the molecule is CC(C)c1ccccc1N=c1scc(-c2ccc([N+](=O)[O-])cc2)n1C1CCCCCCC1. The third-order valence-electron chi connectivity index (χ3n) is 6.33. The molecular formula is C26H31N3O2S. The van der Waals surface area contributed by atoms with Crippen LogP contribution >= 0.6 is 11.3 Å². The van der Waals surface area contributed by atoms with Crippen molar-refractivity contribution in [1.29, 1.82) is 0 Å². The van der Waals surface area contributed by atoms with Crippen LogP contribution in [0.2, 0.25) is 0 Å². The summed E-state index contributed by atoms with van der Waals surface area (Å²) < 4.78 is 2.41. The van der Waals surface area contributed by atoms with E-state index in [-0.39, 0.29) is 10.6 Å². The third kappa shape index (κ3) is 5.01. The van der Waals surface area contributed by atoms with Crippen molar-refractivity contribution in [2.45, 2.75) is 70.8 Å². The molecule has 32 heavy (non-hydrogen) atoms. The molecule has 0 atom stereocenters. The highest BCUT2D eigenvalue weighted by Crippen LogP contribution is 2.33. The zero-order chi connectivity index (χ0) is 22.5. The Morgan fingerprint density at radius 1 is 1.00 bits per heavy atom. The first kappa shape index (κ1) is 22.5. The first-order chi connectivity index (χ1) is 15.5. The van der Waals surface area contributed by atoms with Crippen LogP contribution in [0.15, 0.2) is 58.9 Å². The molecule has 0 aliphatic heterocycles. The molecule has 0 bridgehead atoms. The van der Waals surface area contributed by atoms with Crippen LogP contribution in [0.25, 0.3) is 11.3 Å². The molecule has 1 aromatic heterocycles. The number of nitrogens with zero attached hydrogens (tertiary/aromatic N) is 3. The van der Waals surface area contributed by atoms with Crippen LogP contribution in [0.1, 0.15) is 76.3 Å². The van der Waals surface area contributed by atoms with Crippen molar-refractivity contribution in [3.8, 4) is 11.3 Å². The topological polar surface area (TPSA) is 60.4 Å². The molecule has 0 N–H and O–H groups in total. The van der Waals surface area contributed by atoms with E-state index in [2.05, 4.69) is 48.1 Å². The van der Waals surface area contributed by atoms with Crippen molar-refractivity contribution in [3.63, 3.8) is 0 Å². The minimum atomic E-state index is -0.343. The largest absolute Gasteiger partial charge is 0.313 e. The van der Waals surface area contributed by atoms with Crippen LogP contribution in [0.3, 0.4) is 0 Å². The Labute approximate surface area is 193 Å². The Morgan fingerprint density at radius 3 is 2.31 bits per heavy atom. The Morgan fingerprint density at radius 2 is 1.66 bits per heavy atom. The van der Waals surface area contributed by atoms with Crippen molar-refractivity contribution in [2.75, 3.05) is 0 Å². The summed E-state index contributed by atoms with van der Waals surface area (Å²) in [4.78, 5) is 16.9. The smallest absolute Gasteiger partial charge is 0.269 e. The lowest BCUT2D eigenvalue weighted by Gasteiger charge is -2.24. The average molecular weight is 450 g/mol. The molecule has 0 unspecified atom stereocenters. The molecule has 1 fully saturated rings. The number of non-ortho nitro benzene ring substituents is 1. The number of rotatable bonds is 5. The molecule has 6 heteroatoms. The summed E-state index contributed by atoms with van der Waals surface area (Å²) >= 11 is 1.66. The van der Waals surface area contributed by atoms with Gasteiger partial charge in [0.15, 0.2) is 4.80 Å². The molecule has 4 rings (SSSR count). The van der Waals surface area contributed by atoms with Gasteiger partial charge in [-0.05, 0) is 48.1 Å². The molecule has 0 radical (unpaired) electrons. The molecule has 1 heterocycles. The second kappa shape index (κ2) is 10.3. The Kier molecular flexibility index (Phi) is 7.20. The third-order valence-corrected chi connectivity index (χ3v) is 7.17. The molecular weight excluding hydrogens is 418 g/mol. The summed E-state index contributed by atoms with van der Waals surface area (Å²) in [5.74, 6) is 0.402. The standard InChI is InChI=1S/C26H31N3O2S/c1-19(2)23-12-8-9-13-24(23)27-26-28(21-10-6-4-3-5-7-11-21)25(18-32-26)20-14-16-22(17-15-20)29(30)31/h8-9,12-19,21H,3-7,10-11H2,1-2H3. The maximum Gasteiger partial charge on any atom is 0.269 e. The van der Waals surface area contributed by atoms with E-state index in [1.54, 1.807) is 23.5 Å². The summed E-state index contributed by atoms with van der Waals surface area (Å²) in [6.45, 7) is 4.40. The van der Waals surface area contributed by atoms with Gasteiger partial charge in [-0.2, -0.15) is 0 Å². The van der Waals surface area contributed by atoms with E-state index in [9.17, 15) is 10.1 Å². The Bertz CT molecular complexity index is 1120. The zero-order valence-electron chi connectivity index (χ0n) is 18.9. The molecule has 5 nitrogen and oxygen atoms in total. The fraction of sp³-hybridized carbons (Fsp3) is 0.423. The van der Waals surface area contributed by atoms with Gasteiger partial charge in [-0.25, -0.2) is 4.99 Å². The normalized spacial score (nSPS) is 16.2. The summed E-state index contributed by atoms with van der Waals surface area (Å²) in [5, 5.41) is 13.3. The molecule has 1 aliphatic carbocycles. The number of nitro groups is 1. The monoisotopic (exact) mass is 449 g/mol. The molecule has 2 aromatic carbocycles. The number of nitro benzene ring substituents is 1. The molecule has 0 spiro atoms. The van der Waals surface area contributed by atoms with Crippen LogP contribution in [-0.2, 0) is 0 Å². The van der Waals surface area contributed by atoms with Gasteiger partial charge in [0.2, 0.25) is 0 Å². The van der Waals surface area contributed by atoms with Crippen molar-refractivity contribution >= 4 is 22.7 Å². The predicted molar refractivity (Wildman–Crippen MR) is 132 cm³/mol. The number of thiazole rings is 1. The minimum absolute atomic E-state index is 0.122. The highest BCUT2D eigenvalue weighted by atomic mass is 32.1. The van der Waals surface area contributed by atoms with E-state index in [0.717, 1.165) is 34.6 Å².